The highest BCUT2D eigenvalue weighted by Gasteiger charge is 2.17. The van der Waals surface area contributed by atoms with Crippen LogP contribution in [-0.4, -0.2) is 15.6 Å². The van der Waals surface area contributed by atoms with Gasteiger partial charge < -0.3 is 9.67 Å². The van der Waals surface area contributed by atoms with Gasteiger partial charge in [-0.2, -0.15) is 0 Å². The van der Waals surface area contributed by atoms with Crippen molar-refractivity contribution in [3.05, 3.63) is 78.2 Å². The monoisotopic (exact) mass is 281 g/mol. The van der Waals surface area contributed by atoms with E-state index in [1.165, 1.54) is 18.2 Å². The first-order valence-corrected chi connectivity index (χ1v) is 6.43. The Morgan fingerprint density at radius 3 is 2.43 bits per heavy atom. The van der Waals surface area contributed by atoms with E-state index in [0.717, 1.165) is 5.56 Å². The first-order valence-electron chi connectivity index (χ1n) is 6.43. The molecule has 1 N–H and O–H groups in total. The lowest BCUT2D eigenvalue weighted by Gasteiger charge is -2.11. The zero-order valence-electron chi connectivity index (χ0n) is 11.0. The molecular weight excluding hydrogens is 269 g/mol. The first kappa shape index (κ1) is 13.1. The van der Waals surface area contributed by atoms with Gasteiger partial charge in [-0.1, -0.05) is 36.4 Å². The van der Waals surface area contributed by atoms with Crippen LogP contribution in [0.4, 0.5) is 4.39 Å². The molecule has 4 heteroatoms. The summed E-state index contributed by atoms with van der Waals surface area (Å²) < 4.78 is 15.1. The Morgan fingerprint density at radius 2 is 1.76 bits per heavy atom. The Labute approximate surface area is 120 Å². The van der Waals surface area contributed by atoms with Crippen molar-refractivity contribution in [3.63, 3.8) is 0 Å². The van der Waals surface area contributed by atoms with Gasteiger partial charge >= 0.3 is 5.97 Å². The maximum absolute atomic E-state index is 13.4. The molecule has 0 atom stereocenters. The lowest BCUT2D eigenvalue weighted by atomic mass is 10.1. The molecule has 1 aromatic heterocycles. The topological polar surface area (TPSA) is 42.2 Å². The predicted molar refractivity (Wildman–Crippen MR) is 78.1 cm³/mol. The van der Waals surface area contributed by atoms with Gasteiger partial charge in [0.25, 0.3) is 0 Å². The third-order valence-electron chi connectivity index (χ3n) is 3.25. The second-order valence-corrected chi connectivity index (χ2v) is 4.60. The number of carboxylic acid groups (broad SMARTS) is 1. The normalized spacial score (nSPS) is 10.5. The molecule has 0 amide bonds. The van der Waals surface area contributed by atoms with Gasteiger partial charge in [-0.05, 0) is 29.8 Å². The van der Waals surface area contributed by atoms with Crippen LogP contribution in [0.5, 0.6) is 0 Å². The van der Waals surface area contributed by atoms with Crippen molar-refractivity contribution in [2.45, 2.75) is 0 Å². The zero-order valence-corrected chi connectivity index (χ0v) is 11.0. The average molecular weight is 281 g/mol. The van der Waals surface area contributed by atoms with Crippen molar-refractivity contribution in [1.29, 1.82) is 0 Å². The SMILES string of the molecule is O=C(O)c1ccn(-c2cccc(F)c2)c1-c1ccccc1. The largest absolute Gasteiger partial charge is 0.478 e. The van der Waals surface area contributed by atoms with E-state index in [1.807, 2.05) is 30.3 Å². The Bertz CT molecular complexity index is 794. The van der Waals surface area contributed by atoms with E-state index in [4.69, 9.17) is 0 Å². The van der Waals surface area contributed by atoms with E-state index in [2.05, 4.69) is 0 Å². The maximum Gasteiger partial charge on any atom is 0.337 e. The fourth-order valence-electron chi connectivity index (χ4n) is 2.34. The molecule has 3 rings (SSSR count). The molecule has 3 nitrogen and oxygen atoms in total. The van der Waals surface area contributed by atoms with Crippen LogP contribution in [0.1, 0.15) is 10.4 Å². The number of carbonyl (C=O) groups is 1. The summed E-state index contributed by atoms with van der Waals surface area (Å²) in [5, 5.41) is 9.35. The molecule has 104 valence electrons. The number of benzene rings is 2. The smallest absolute Gasteiger partial charge is 0.337 e. The molecule has 21 heavy (non-hydrogen) atoms. The lowest BCUT2D eigenvalue weighted by Crippen LogP contribution is -2.02. The highest BCUT2D eigenvalue weighted by atomic mass is 19.1. The first-order chi connectivity index (χ1) is 10.2. The number of aromatic carboxylic acids is 1. The second kappa shape index (κ2) is 5.25. The molecule has 0 bridgehead atoms. The third-order valence-corrected chi connectivity index (χ3v) is 3.25. The van der Waals surface area contributed by atoms with Gasteiger partial charge in [0.2, 0.25) is 0 Å². The van der Waals surface area contributed by atoms with Gasteiger partial charge in [-0.3, -0.25) is 0 Å². The molecule has 0 aliphatic rings. The van der Waals surface area contributed by atoms with Gasteiger partial charge in [-0.15, -0.1) is 0 Å². The number of aromatic nitrogens is 1. The van der Waals surface area contributed by atoms with Crippen molar-refractivity contribution in [2.75, 3.05) is 0 Å². The van der Waals surface area contributed by atoms with E-state index in [0.29, 0.717) is 11.4 Å². The number of hydrogen-bond acceptors (Lipinski definition) is 1. The predicted octanol–water partition coefficient (Wildman–Crippen LogP) is 3.98. The van der Waals surface area contributed by atoms with Crippen LogP contribution in [0, 0.1) is 5.82 Å². The van der Waals surface area contributed by atoms with Crippen LogP contribution in [0.2, 0.25) is 0 Å². The fourth-order valence-corrected chi connectivity index (χ4v) is 2.34. The summed E-state index contributed by atoms with van der Waals surface area (Å²) in [4.78, 5) is 11.4. The minimum atomic E-state index is -1.01. The van der Waals surface area contributed by atoms with Crippen LogP contribution >= 0.6 is 0 Å². The number of halogens is 1. The fraction of sp³-hybridized carbons (Fsp3) is 0. The Hall–Kier alpha value is -2.88. The van der Waals surface area contributed by atoms with Gasteiger partial charge in [0.05, 0.1) is 11.3 Å². The highest BCUT2D eigenvalue weighted by Crippen LogP contribution is 2.28. The summed E-state index contributed by atoms with van der Waals surface area (Å²) in [6.07, 6.45) is 1.64. The summed E-state index contributed by atoms with van der Waals surface area (Å²) in [6.45, 7) is 0. The van der Waals surface area contributed by atoms with Gasteiger partial charge in [-0.25, -0.2) is 9.18 Å². The molecule has 0 fully saturated rings. The summed E-state index contributed by atoms with van der Waals surface area (Å²) in [7, 11) is 0. The highest BCUT2D eigenvalue weighted by molar-refractivity contribution is 5.95. The van der Waals surface area contributed by atoms with E-state index >= 15 is 0 Å². The van der Waals surface area contributed by atoms with Crippen LogP contribution < -0.4 is 0 Å². The number of hydrogen-bond donors (Lipinski definition) is 1. The Kier molecular flexibility index (Phi) is 3.28. The summed E-state index contributed by atoms with van der Waals surface area (Å²) in [6, 6.07) is 16.8. The zero-order chi connectivity index (χ0) is 14.8. The van der Waals surface area contributed by atoms with E-state index < -0.39 is 5.97 Å². The van der Waals surface area contributed by atoms with Crippen LogP contribution in [-0.2, 0) is 0 Å². The second-order valence-electron chi connectivity index (χ2n) is 4.60. The number of carboxylic acids is 1. The van der Waals surface area contributed by atoms with Crippen molar-refractivity contribution in [1.82, 2.24) is 4.57 Å². The quantitative estimate of drug-likeness (QED) is 0.789. The number of nitrogens with zero attached hydrogens (tertiary/aromatic N) is 1. The minimum Gasteiger partial charge on any atom is -0.478 e. The van der Waals surface area contributed by atoms with E-state index in [1.54, 1.807) is 22.9 Å². The summed E-state index contributed by atoms with van der Waals surface area (Å²) >= 11 is 0. The Morgan fingerprint density at radius 1 is 1.00 bits per heavy atom. The number of rotatable bonds is 3. The average Bonchev–Trinajstić information content (AvgIpc) is 2.93. The van der Waals surface area contributed by atoms with Gasteiger partial charge in [0.15, 0.2) is 0 Å². The molecule has 0 spiro atoms. The molecule has 2 aromatic carbocycles. The van der Waals surface area contributed by atoms with E-state index in [-0.39, 0.29) is 11.4 Å². The van der Waals surface area contributed by atoms with Crippen molar-refractivity contribution in [2.24, 2.45) is 0 Å². The standard InChI is InChI=1S/C17H12FNO2/c18-13-7-4-8-14(11-13)19-10-9-15(17(20)21)16(19)12-5-2-1-3-6-12/h1-11H,(H,20,21). The van der Waals surface area contributed by atoms with Crippen molar-refractivity contribution >= 4 is 5.97 Å². The minimum absolute atomic E-state index is 0.186. The van der Waals surface area contributed by atoms with E-state index in [9.17, 15) is 14.3 Å². The third kappa shape index (κ3) is 2.43. The summed E-state index contributed by atoms with van der Waals surface area (Å²) in [5.74, 6) is -1.37. The molecule has 0 saturated carbocycles. The van der Waals surface area contributed by atoms with Crippen molar-refractivity contribution < 1.29 is 14.3 Å². The molecule has 0 radical (unpaired) electrons. The maximum atomic E-state index is 13.4. The lowest BCUT2D eigenvalue weighted by molar-refractivity contribution is 0.0698. The molecule has 1 heterocycles. The summed E-state index contributed by atoms with van der Waals surface area (Å²) in [5.41, 5.74) is 2.07. The van der Waals surface area contributed by atoms with Gasteiger partial charge in [0, 0.05) is 11.9 Å². The molecule has 0 saturated heterocycles. The molecule has 0 aliphatic carbocycles. The van der Waals surface area contributed by atoms with Crippen LogP contribution in [0.3, 0.4) is 0 Å². The van der Waals surface area contributed by atoms with Crippen LogP contribution in [0.25, 0.3) is 16.9 Å². The Balaban J connectivity index is 2.25. The molecular formula is C17H12FNO2. The van der Waals surface area contributed by atoms with Crippen molar-refractivity contribution in [3.8, 4) is 16.9 Å². The van der Waals surface area contributed by atoms with Gasteiger partial charge in [0.1, 0.15) is 5.82 Å². The molecule has 0 aliphatic heterocycles. The molecule has 3 aromatic rings. The molecule has 0 unspecified atom stereocenters. The van der Waals surface area contributed by atoms with Crippen LogP contribution in [0.15, 0.2) is 66.9 Å².